The minimum Gasteiger partial charge on any atom is -0.479 e. The van der Waals surface area contributed by atoms with Gasteiger partial charge in [0, 0.05) is 0 Å². The van der Waals surface area contributed by atoms with Crippen molar-refractivity contribution in [3.05, 3.63) is 6.33 Å². The number of methoxy groups -OCH3 is 1. The Morgan fingerprint density at radius 2 is 2.24 bits per heavy atom. The van der Waals surface area contributed by atoms with E-state index in [0.717, 1.165) is 0 Å². The van der Waals surface area contributed by atoms with E-state index in [9.17, 15) is 4.57 Å². The fourth-order valence-electron chi connectivity index (χ4n) is 3.59. The topological polar surface area (TPSA) is 133 Å². The number of nitrogens with zero attached hydrogens (tertiary/aromatic N) is 4. The standard InChI is InChI=1S/C17H22N5O6P/c1-6-17(4)12-10(7-25-29(23,28-12)27-9(2)3)26-15(17)22-8-19-11-13(22)20-16(18)21-14(11)24-5/h1,8-10,12,15H,7H2,2-5H3,(H2,18,20,21). The average Bonchev–Trinajstić information content (AvgIpc) is 3.19. The van der Waals surface area contributed by atoms with Gasteiger partial charge in [0.1, 0.15) is 17.6 Å². The molecule has 4 heterocycles. The summed E-state index contributed by atoms with van der Waals surface area (Å²) >= 11 is 0. The first kappa shape index (κ1) is 20.1. The van der Waals surface area contributed by atoms with E-state index < -0.39 is 31.7 Å². The maximum atomic E-state index is 12.9. The number of anilines is 1. The normalized spacial score (nSPS) is 34.3. The summed E-state index contributed by atoms with van der Waals surface area (Å²) < 4.78 is 42.4. The molecule has 4 rings (SSSR count). The molecule has 29 heavy (non-hydrogen) atoms. The smallest absolute Gasteiger partial charge is 0.475 e. The molecule has 5 unspecified atom stereocenters. The second-order valence-electron chi connectivity index (χ2n) is 7.29. The van der Waals surface area contributed by atoms with Crippen molar-refractivity contribution in [3.63, 3.8) is 0 Å². The number of aromatic nitrogens is 4. The van der Waals surface area contributed by atoms with Gasteiger partial charge in [-0.2, -0.15) is 9.97 Å². The van der Waals surface area contributed by atoms with Crippen molar-refractivity contribution in [2.75, 3.05) is 19.5 Å². The van der Waals surface area contributed by atoms with Crippen molar-refractivity contribution in [3.8, 4) is 18.2 Å². The summed E-state index contributed by atoms with van der Waals surface area (Å²) in [6.45, 7) is 5.26. The highest BCUT2D eigenvalue weighted by atomic mass is 31.2. The lowest BCUT2D eigenvalue weighted by Crippen LogP contribution is -2.42. The number of rotatable bonds is 4. The van der Waals surface area contributed by atoms with Gasteiger partial charge in [0.25, 0.3) is 0 Å². The van der Waals surface area contributed by atoms with Crippen LogP contribution in [0.2, 0.25) is 0 Å². The second kappa shape index (κ2) is 6.93. The van der Waals surface area contributed by atoms with Crippen LogP contribution >= 0.6 is 7.82 Å². The van der Waals surface area contributed by atoms with Crippen LogP contribution < -0.4 is 10.5 Å². The molecule has 0 amide bonds. The predicted molar refractivity (Wildman–Crippen MR) is 102 cm³/mol. The van der Waals surface area contributed by atoms with Crippen molar-refractivity contribution in [2.45, 2.75) is 45.3 Å². The first-order valence-corrected chi connectivity index (χ1v) is 10.5. The van der Waals surface area contributed by atoms with E-state index in [4.69, 9.17) is 35.2 Å². The molecule has 2 aliphatic rings. The van der Waals surface area contributed by atoms with Gasteiger partial charge in [-0.05, 0) is 20.8 Å². The monoisotopic (exact) mass is 423 g/mol. The van der Waals surface area contributed by atoms with Gasteiger partial charge < -0.3 is 15.2 Å². The van der Waals surface area contributed by atoms with Crippen LogP contribution in [0.3, 0.4) is 0 Å². The van der Waals surface area contributed by atoms with E-state index in [1.165, 1.54) is 13.4 Å². The Bertz CT molecular complexity index is 1040. The molecule has 2 aromatic rings. The first-order valence-electron chi connectivity index (χ1n) is 8.99. The van der Waals surface area contributed by atoms with Crippen LogP contribution in [0.5, 0.6) is 5.88 Å². The van der Waals surface area contributed by atoms with Crippen LogP contribution in [0, 0.1) is 17.8 Å². The molecule has 2 aliphatic heterocycles. The zero-order valence-electron chi connectivity index (χ0n) is 16.4. The number of fused-ring (bicyclic) bond motifs is 2. The summed E-state index contributed by atoms with van der Waals surface area (Å²) in [4.78, 5) is 12.6. The van der Waals surface area contributed by atoms with E-state index in [-0.39, 0.29) is 24.5 Å². The molecule has 12 heteroatoms. The fraction of sp³-hybridized carbons (Fsp3) is 0.588. The Hall–Kier alpha value is -2.22. The maximum Gasteiger partial charge on any atom is 0.475 e. The third-order valence-corrected chi connectivity index (χ3v) is 6.52. The molecule has 5 atom stereocenters. The van der Waals surface area contributed by atoms with E-state index in [2.05, 4.69) is 20.9 Å². The van der Waals surface area contributed by atoms with E-state index in [1.54, 1.807) is 25.3 Å². The van der Waals surface area contributed by atoms with Gasteiger partial charge in [0.05, 0.1) is 26.1 Å². The zero-order valence-corrected chi connectivity index (χ0v) is 17.3. The predicted octanol–water partition coefficient (Wildman–Crippen LogP) is 1.90. The molecule has 11 nitrogen and oxygen atoms in total. The molecule has 0 aliphatic carbocycles. The van der Waals surface area contributed by atoms with Crippen LogP contribution in [0.4, 0.5) is 5.95 Å². The van der Waals surface area contributed by atoms with E-state index in [1.807, 2.05) is 0 Å². The van der Waals surface area contributed by atoms with Gasteiger partial charge in [-0.3, -0.25) is 18.1 Å². The number of nitrogen functional groups attached to an aromatic ring is 1. The lowest BCUT2D eigenvalue weighted by Gasteiger charge is -2.35. The summed E-state index contributed by atoms with van der Waals surface area (Å²) in [7, 11) is -2.31. The van der Waals surface area contributed by atoms with Crippen LogP contribution in [0.15, 0.2) is 6.33 Å². The molecule has 0 radical (unpaired) electrons. The van der Waals surface area contributed by atoms with Crippen molar-refractivity contribution >= 4 is 24.9 Å². The van der Waals surface area contributed by atoms with Gasteiger partial charge in [-0.1, -0.05) is 5.92 Å². The molecular formula is C17H22N5O6P. The van der Waals surface area contributed by atoms with Crippen LogP contribution in [-0.4, -0.2) is 51.5 Å². The van der Waals surface area contributed by atoms with E-state index in [0.29, 0.717) is 11.2 Å². The van der Waals surface area contributed by atoms with Gasteiger partial charge >= 0.3 is 7.82 Å². The van der Waals surface area contributed by atoms with Gasteiger partial charge in [-0.25, -0.2) is 9.55 Å². The molecule has 0 bridgehead atoms. The SMILES string of the molecule is C#CC1(C)C2OP(=O)(OC(C)C)OCC2OC1n1cnc2c(OC)nc(N)nc21. The molecule has 0 spiro atoms. The number of imidazole rings is 1. The molecule has 0 saturated carbocycles. The van der Waals surface area contributed by atoms with Gasteiger partial charge in [0.15, 0.2) is 17.4 Å². The average molecular weight is 423 g/mol. The molecule has 156 valence electrons. The number of phosphoric ester groups is 1. The highest BCUT2D eigenvalue weighted by Crippen LogP contribution is 2.61. The van der Waals surface area contributed by atoms with Crippen molar-refractivity contribution in [1.29, 1.82) is 0 Å². The largest absolute Gasteiger partial charge is 0.479 e. The summed E-state index contributed by atoms with van der Waals surface area (Å²) in [6.07, 6.45) is 5.04. The summed E-state index contributed by atoms with van der Waals surface area (Å²) in [5, 5.41) is 0. The summed E-state index contributed by atoms with van der Waals surface area (Å²) in [5.41, 5.74) is 5.58. The van der Waals surface area contributed by atoms with Crippen LogP contribution in [0.25, 0.3) is 11.2 Å². The Balaban J connectivity index is 1.75. The van der Waals surface area contributed by atoms with Crippen LogP contribution in [0.1, 0.15) is 27.0 Å². The number of ether oxygens (including phenoxy) is 2. The summed E-state index contributed by atoms with van der Waals surface area (Å²) in [5.74, 6) is 2.99. The highest BCUT2D eigenvalue weighted by Gasteiger charge is 2.60. The van der Waals surface area contributed by atoms with Crippen LogP contribution in [-0.2, 0) is 22.9 Å². The number of nitrogens with two attached hydrogens (primary N) is 1. The van der Waals surface area contributed by atoms with Crippen molar-refractivity contribution in [1.82, 2.24) is 19.5 Å². The molecule has 0 aromatic carbocycles. The fourth-order valence-corrected chi connectivity index (χ4v) is 5.24. The minimum atomic E-state index is -3.77. The number of phosphoric acid groups is 1. The number of hydrogen-bond acceptors (Lipinski definition) is 10. The Morgan fingerprint density at radius 3 is 2.90 bits per heavy atom. The quantitative estimate of drug-likeness (QED) is 0.574. The highest BCUT2D eigenvalue weighted by molar-refractivity contribution is 7.48. The Morgan fingerprint density at radius 1 is 1.48 bits per heavy atom. The first-order chi connectivity index (χ1) is 13.7. The Kier molecular flexibility index (Phi) is 4.80. The molecule has 2 fully saturated rings. The lowest BCUT2D eigenvalue weighted by molar-refractivity contribution is -0.0733. The van der Waals surface area contributed by atoms with Crippen molar-refractivity contribution < 1.29 is 27.6 Å². The molecular weight excluding hydrogens is 401 g/mol. The molecule has 2 saturated heterocycles. The third kappa shape index (κ3) is 3.17. The number of terminal acetylenes is 1. The molecule has 2 N–H and O–H groups in total. The zero-order chi connectivity index (χ0) is 21.0. The minimum absolute atomic E-state index is 0.00943. The van der Waals surface area contributed by atoms with Gasteiger partial charge in [-0.15, -0.1) is 6.42 Å². The maximum absolute atomic E-state index is 12.9. The molecule has 2 aromatic heterocycles. The summed E-state index contributed by atoms with van der Waals surface area (Å²) in [6, 6.07) is 0. The van der Waals surface area contributed by atoms with Gasteiger partial charge in [0.2, 0.25) is 11.8 Å². The third-order valence-electron chi connectivity index (χ3n) is 4.89. The lowest BCUT2D eigenvalue weighted by atomic mass is 9.83. The number of hydrogen-bond donors (Lipinski definition) is 1. The second-order valence-corrected chi connectivity index (χ2v) is 8.87. The van der Waals surface area contributed by atoms with E-state index >= 15 is 0 Å². The van der Waals surface area contributed by atoms with Crippen molar-refractivity contribution in [2.24, 2.45) is 5.41 Å². The Labute approximate surface area is 167 Å².